The molecule has 0 atom stereocenters. The van der Waals surface area contributed by atoms with E-state index in [0.29, 0.717) is 6.61 Å². The molecule has 2 aromatic carbocycles. The van der Waals surface area contributed by atoms with Gasteiger partial charge in [0.2, 0.25) is 5.56 Å². The molecular weight excluding hydrogens is 318 g/mol. The van der Waals surface area contributed by atoms with Crippen LogP contribution in [0.15, 0.2) is 64.3 Å². The molecule has 0 aliphatic rings. The van der Waals surface area contributed by atoms with Gasteiger partial charge in [-0.2, -0.15) is 0 Å². The van der Waals surface area contributed by atoms with Gasteiger partial charge in [0.05, 0.1) is 6.61 Å². The largest absolute Gasteiger partial charge is 0.494 e. The van der Waals surface area contributed by atoms with Crippen molar-refractivity contribution in [2.24, 2.45) is 0 Å². The fraction of sp³-hybridized carbons (Fsp3) is 0.250. The van der Waals surface area contributed by atoms with Crippen LogP contribution >= 0.6 is 11.8 Å². The molecule has 0 bridgehead atoms. The van der Waals surface area contributed by atoms with Gasteiger partial charge >= 0.3 is 0 Å². The van der Waals surface area contributed by atoms with Crippen molar-refractivity contribution in [2.75, 3.05) is 12.4 Å². The summed E-state index contributed by atoms with van der Waals surface area (Å²) in [7, 11) is 0. The van der Waals surface area contributed by atoms with Crippen molar-refractivity contribution in [3.8, 4) is 5.75 Å². The number of fused-ring (bicyclic) bond motifs is 1. The van der Waals surface area contributed by atoms with Gasteiger partial charge in [0, 0.05) is 21.9 Å². The van der Waals surface area contributed by atoms with E-state index in [0.717, 1.165) is 40.8 Å². The summed E-state index contributed by atoms with van der Waals surface area (Å²) in [5, 5.41) is 1.03. The van der Waals surface area contributed by atoms with Crippen LogP contribution in [0.1, 0.15) is 18.4 Å². The minimum atomic E-state index is -0.0652. The average Bonchev–Trinajstić information content (AvgIpc) is 2.59. The van der Waals surface area contributed by atoms with E-state index < -0.39 is 0 Å². The highest BCUT2D eigenvalue weighted by Crippen LogP contribution is 2.22. The molecule has 0 radical (unpaired) electrons. The number of benzene rings is 2. The molecule has 3 nitrogen and oxygen atoms in total. The minimum absolute atomic E-state index is 0.0652. The second kappa shape index (κ2) is 8.06. The highest BCUT2D eigenvalue weighted by atomic mass is 32.2. The predicted molar refractivity (Wildman–Crippen MR) is 101 cm³/mol. The van der Waals surface area contributed by atoms with E-state index in [-0.39, 0.29) is 5.56 Å². The normalized spacial score (nSPS) is 10.9. The number of H-pyrrole nitrogens is 1. The summed E-state index contributed by atoms with van der Waals surface area (Å²) in [6, 6.07) is 17.9. The van der Waals surface area contributed by atoms with Crippen LogP contribution in [0, 0.1) is 6.92 Å². The second-order valence-corrected chi connectivity index (χ2v) is 6.91. The Hall–Kier alpha value is -2.20. The summed E-state index contributed by atoms with van der Waals surface area (Å²) < 4.78 is 5.85. The summed E-state index contributed by atoms with van der Waals surface area (Å²) >= 11 is 1.88. The summed E-state index contributed by atoms with van der Waals surface area (Å²) in [6.07, 6.45) is 2.15. The van der Waals surface area contributed by atoms with Crippen LogP contribution in [0.4, 0.5) is 0 Å². The predicted octanol–water partition coefficient (Wildman–Crippen LogP) is 4.79. The van der Waals surface area contributed by atoms with Crippen LogP contribution in [0.5, 0.6) is 5.75 Å². The van der Waals surface area contributed by atoms with Gasteiger partial charge in [0.1, 0.15) is 5.75 Å². The van der Waals surface area contributed by atoms with Crippen molar-refractivity contribution < 1.29 is 4.74 Å². The molecule has 3 aromatic rings. The van der Waals surface area contributed by atoms with Crippen molar-refractivity contribution in [1.29, 1.82) is 0 Å². The summed E-state index contributed by atoms with van der Waals surface area (Å²) in [5.74, 6) is 1.96. The number of hydrogen-bond acceptors (Lipinski definition) is 3. The number of aryl methyl sites for hydroxylation is 1. The molecule has 0 aliphatic heterocycles. The molecule has 0 unspecified atom stereocenters. The van der Waals surface area contributed by atoms with Crippen LogP contribution in [0.2, 0.25) is 0 Å². The molecule has 0 spiro atoms. The number of aromatic nitrogens is 1. The van der Waals surface area contributed by atoms with Gasteiger partial charge in [-0.1, -0.05) is 18.2 Å². The molecule has 3 rings (SSSR count). The van der Waals surface area contributed by atoms with E-state index in [4.69, 9.17) is 4.74 Å². The van der Waals surface area contributed by atoms with E-state index in [1.54, 1.807) is 6.07 Å². The molecule has 1 aromatic heterocycles. The van der Waals surface area contributed by atoms with Gasteiger partial charge in [-0.15, -0.1) is 11.8 Å². The minimum Gasteiger partial charge on any atom is -0.494 e. The number of unbranched alkanes of at least 4 members (excludes halogenated alkanes) is 1. The number of nitrogens with one attached hydrogen (secondary N) is 1. The quantitative estimate of drug-likeness (QED) is 0.497. The number of aromatic amines is 1. The molecule has 1 heterocycles. The van der Waals surface area contributed by atoms with Crippen LogP contribution in [-0.2, 0) is 0 Å². The highest BCUT2D eigenvalue weighted by Gasteiger charge is 2.02. The third kappa shape index (κ3) is 4.42. The number of thioether (sulfide) groups is 1. The maximum Gasteiger partial charge on any atom is 0.248 e. The lowest BCUT2D eigenvalue weighted by Gasteiger charge is -2.08. The number of hydrogen-bond donors (Lipinski definition) is 1. The van der Waals surface area contributed by atoms with Crippen molar-refractivity contribution in [3.63, 3.8) is 0 Å². The Morgan fingerprint density at radius 2 is 1.88 bits per heavy atom. The van der Waals surface area contributed by atoms with Crippen LogP contribution in [0.3, 0.4) is 0 Å². The first-order valence-electron chi connectivity index (χ1n) is 8.17. The Morgan fingerprint density at radius 3 is 2.71 bits per heavy atom. The zero-order valence-corrected chi connectivity index (χ0v) is 14.6. The first-order valence-corrected chi connectivity index (χ1v) is 9.15. The topological polar surface area (TPSA) is 42.1 Å². The Kier molecular flexibility index (Phi) is 5.59. The Bertz CT molecular complexity index is 858. The zero-order valence-electron chi connectivity index (χ0n) is 13.7. The Labute approximate surface area is 146 Å². The molecule has 0 fully saturated rings. The summed E-state index contributed by atoms with van der Waals surface area (Å²) in [5.41, 5.74) is 1.76. The molecule has 0 aliphatic carbocycles. The van der Waals surface area contributed by atoms with Gasteiger partial charge in [0.15, 0.2) is 0 Å². The third-order valence-electron chi connectivity index (χ3n) is 3.84. The zero-order chi connectivity index (χ0) is 16.8. The van der Waals surface area contributed by atoms with E-state index in [9.17, 15) is 4.79 Å². The Balaban J connectivity index is 1.47. The monoisotopic (exact) mass is 339 g/mol. The van der Waals surface area contributed by atoms with Gasteiger partial charge in [-0.05, 0) is 61.4 Å². The van der Waals surface area contributed by atoms with Crippen molar-refractivity contribution in [3.05, 3.63) is 70.5 Å². The Morgan fingerprint density at radius 1 is 1.04 bits per heavy atom. The number of pyridine rings is 1. The second-order valence-electron chi connectivity index (χ2n) is 5.74. The lowest BCUT2D eigenvalue weighted by atomic mass is 10.1. The fourth-order valence-corrected chi connectivity index (χ4v) is 3.53. The first kappa shape index (κ1) is 16.7. The molecule has 0 saturated carbocycles. The molecule has 124 valence electrons. The molecule has 0 saturated heterocycles. The SMILES string of the molecule is Cc1cc(=O)[nH]c2ccc(OCCCCSc3ccccc3)cc12. The third-order valence-corrected chi connectivity index (χ3v) is 4.94. The van der Waals surface area contributed by atoms with Crippen molar-refractivity contribution in [2.45, 2.75) is 24.7 Å². The fourth-order valence-electron chi connectivity index (χ4n) is 2.59. The average molecular weight is 339 g/mol. The van der Waals surface area contributed by atoms with Gasteiger partial charge in [0.25, 0.3) is 0 Å². The van der Waals surface area contributed by atoms with E-state index in [1.165, 1.54) is 4.90 Å². The highest BCUT2D eigenvalue weighted by molar-refractivity contribution is 7.99. The van der Waals surface area contributed by atoms with Crippen LogP contribution < -0.4 is 10.3 Å². The first-order chi connectivity index (χ1) is 11.7. The van der Waals surface area contributed by atoms with Gasteiger partial charge < -0.3 is 9.72 Å². The van der Waals surface area contributed by atoms with Gasteiger partial charge in [-0.25, -0.2) is 0 Å². The molecule has 0 amide bonds. The van der Waals surface area contributed by atoms with Crippen LogP contribution in [-0.4, -0.2) is 17.3 Å². The molecule has 24 heavy (non-hydrogen) atoms. The van der Waals surface area contributed by atoms with Crippen molar-refractivity contribution >= 4 is 22.7 Å². The summed E-state index contributed by atoms with van der Waals surface area (Å²) in [4.78, 5) is 15.6. The molecular formula is C20H21NO2S. The van der Waals surface area contributed by atoms with E-state index in [1.807, 2.05) is 43.0 Å². The van der Waals surface area contributed by atoms with Crippen LogP contribution in [0.25, 0.3) is 10.9 Å². The molecule has 4 heteroatoms. The standard InChI is InChI=1S/C20H21NO2S/c1-15-13-20(22)21-19-10-9-16(14-18(15)19)23-11-5-6-12-24-17-7-3-2-4-8-17/h2-4,7-10,13-14H,5-6,11-12H2,1H3,(H,21,22). The lowest BCUT2D eigenvalue weighted by molar-refractivity contribution is 0.310. The number of rotatable bonds is 7. The van der Waals surface area contributed by atoms with E-state index in [2.05, 4.69) is 29.2 Å². The maximum atomic E-state index is 11.5. The van der Waals surface area contributed by atoms with E-state index >= 15 is 0 Å². The van der Waals surface area contributed by atoms with Crippen molar-refractivity contribution in [1.82, 2.24) is 4.98 Å². The van der Waals surface area contributed by atoms with Gasteiger partial charge in [-0.3, -0.25) is 4.79 Å². The smallest absolute Gasteiger partial charge is 0.248 e. The molecule has 1 N–H and O–H groups in total. The lowest BCUT2D eigenvalue weighted by Crippen LogP contribution is -2.05. The number of ether oxygens (including phenoxy) is 1. The maximum absolute atomic E-state index is 11.5. The summed E-state index contributed by atoms with van der Waals surface area (Å²) in [6.45, 7) is 2.66.